The van der Waals surface area contributed by atoms with E-state index in [-0.39, 0.29) is 5.56 Å². The van der Waals surface area contributed by atoms with Crippen molar-refractivity contribution in [2.24, 2.45) is 0 Å². The molecule has 2 amide bonds. The Morgan fingerprint density at radius 3 is 2.90 bits per heavy atom. The standard InChI is InChI=1S/C13H13N3O3S/c1-8-2-4-14-6-9(8)7-15-13(19)16-11-10(12(17)18)3-5-20-11/h2-6H,7H2,1H3,(H,17,18)(H2,15,16,19). The van der Waals surface area contributed by atoms with Crippen LogP contribution in [0, 0.1) is 6.92 Å². The summed E-state index contributed by atoms with van der Waals surface area (Å²) in [5, 5.41) is 16.1. The summed E-state index contributed by atoms with van der Waals surface area (Å²) in [6.07, 6.45) is 3.37. The molecule has 2 aromatic rings. The highest BCUT2D eigenvalue weighted by atomic mass is 32.1. The first kappa shape index (κ1) is 14.0. The zero-order chi connectivity index (χ0) is 14.5. The van der Waals surface area contributed by atoms with Crippen LogP contribution in [0.25, 0.3) is 0 Å². The van der Waals surface area contributed by atoms with Crippen LogP contribution in [0.4, 0.5) is 9.80 Å². The zero-order valence-electron chi connectivity index (χ0n) is 10.7. The van der Waals surface area contributed by atoms with Crippen molar-refractivity contribution in [2.75, 3.05) is 5.32 Å². The first-order valence-electron chi connectivity index (χ1n) is 5.83. The summed E-state index contributed by atoms with van der Waals surface area (Å²) >= 11 is 1.17. The summed E-state index contributed by atoms with van der Waals surface area (Å²) in [7, 11) is 0. The van der Waals surface area contributed by atoms with Gasteiger partial charge in [-0.05, 0) is 35.6 Å². The van der Waals surface area contributed by atoms with Gasteiger partial charge in [-0.15, -0.1) is 11.3 Å². The number of carboxylic acid groups (broad SMARTS) is 1. The third-order valence-electron chi connectivity index (χ3n) is 2.71. The molecule has 0 saturated carbocycles. The summed E-state index contributed by atoms with van der Waals surface area (Å²) in [5.41, 5.74) is 2.03. The monoisotopic (exact) mass is 291 g/mol. The van der Waals surface area contributed by atoms with E-state index in [1.807, 2.05) is 13.0 Å². The van der Waals surface area contributed by atoms with Gasteiger partial charge in [0.2, 0.25) is 0 Å². The average molecular weight is 291 g/mol. The fraction of sp³-hybridized carbons (Fsp3) is 0.154. The maximum atomic E-state index is 11.7. The lowest BCUT2D eigenvalue weighted by Gasteiger charge is -2.08. The number of anilines is 1. The van der Waals surface area contributed by atoms with E-state index < -0.39 is 12.0 Å². The number of hydrogen-bond acceptors (Lipinski definition) is 4. The van der Waals surface area contributed by atoms with Gasteiger partial charge in [-0.2, -0.15) is 0 Å². The molecule has 0 unspecified atom stereocenters. The molecule has 20 heavy (non-hydrogen) atoms. The first-order chi connectivity index (χ1) is 9.58. The van der Waals surface area contributed by atoms with Crippen molar-refractivity contribution in [1.82, 2.24) is 10.3 Å². The molecule has 0 bridgehead atoms. The van der Waals surface area contributed by atoms with Crippen LogP contribution in [0.3, 0.4) is 0 Å². The number of amides is 2. The second kappa shape index (κ2) is 6.16. The molecular formula is C13H13N3O3S. The van der Waals surface area contributed by atoms with E-state index in [2.05, 4.69) is 15.6 Å². The Morgan fingerprint density at radius 2 is 2.20 bits per heavy atom. The Bertz CT molecular complexity index is 639. The topological polar surface area (TPSA) is 91.3 Å². The van der Waals surface area contributed by atoms with Crippen LogP contribution in [0.1, 0.15) is 21.5 Å². The molecule has 0 atom stereocenters. The second-order valence-electron chi connectivity index (χ2n) is 4.08. The molecule has 0 saturated heterocycles. The maximum absolute atomic E-state index is 11.7. The molecule has 2 rings (SSSR count). The molecule has 0 aliphatic carbocycles. The van der Waals surface area contributed by atoms with Crippen molar-refractivity contribution in [3.8, 4) is 0 Å². The van der Waals surface area contributed by atoms with Crippen molar-refractivity contribution in [3.63, 3.8) is 0 Å². The SMILES string of the molecule is Cc1ccncc1CNC(=O)Nc1sccc1C(=O)O. The number of aromatic nitrogens is 1. The van der Waals surface area contributed by atoms with E-state index in [0.29, 0.717) is 11.5 Å². The molecule has 0 aromatic carbocycles. The molecule has 7 heteroatoms. The van der Waals surface area contributed by atoms with Gasteiger partial charge in [0, 0.05) is 18.9 Å². The Balaban J connectivity index is 1.95. The Hall–Kier alpha value is -2.41. The number of carbonyl (C=O) groups excluding carboxylic acids is 1. The molecule has 0 radical (unpaired) electrons. The van der Waals surface area contributed by atoms with Gasteiger partial charge in [-0.25, -0.2) is 9.59 Å². The van der Waals surface area contributed by atoms with Crippen molar-refractivity contribution >= 4 is 28.3 Å². The zero-order valence-corrected chi connectivity index (χ0v) is 11.5. The lowest BCUT2D eigenvalue weighted by molar-refractivity contribution is 0.0698. The van der Waals surface area contributed by atoms with E-state index in [0.717, 1.165) is 11.1 Å². The highest BCUT2D eigenvalue weighted by Crippen LogP contribution is 2.22. The minimum Gasteiger partial charge on any atom is -0.478 e. The Kier molecular flexibility index (Phi) is 4.31. The smallest absolute Gasteiger partial charge is 0.338 e. The van der Waals surface area contributed by atoms with Crippen molar-refractivity contribution in [3.05, 3.63) is 46.6 Å². The van der Waals surface area contributed by atoms with Gasteiger partial charge in [0.25, 0.3) is 0 Å². The fourth-order valence-corrected chi connectivity index (χ4v) is 2.35. The third kappa shape index (κ3) is 3.33. The normalized spacial score (nSPS) is 10.1. The number of nitrogens with one attached hydrogen (secondary N) is 2. The molecule has 3 N–H and O–H groups in total. The van der Waals surface area contributed by atoms with Crippen LogP contribution in [-0.4, -0.2) is 22.1 Å². The average Bonchev–Trinajstić information content (AvgIpc) is 2.86. The number of aryl methyl sites for hydroxylation is 1. The highest BCUT2D eigenvalue weighted by molar-refractivity contribution is 7.14. The number of hydrogen-bond donors (Lipinski definition) is 3. The summed E-state index contributed by atoms with van der Waals surface area (Å²) in [6, 6.07) is 2.86. The van der Waals surface area contributed by atoms with Crippen LogP contribution >= 0.6 is 11.3 Å². The van der Waals surface area contributed by atoms with Crippen LogP contribution < -0.4 is 10.6 Å². The van der Waals surface area contributed by atoms with E-state index in [4.69, 9.17) is 5.11 Å². The molecule has 0 spiro atoms. The van der Waals surface area contributed by atoms with Crippen LogP contribution in [0.5, 0.6) is 0 Å². The number of nitrogens with zero attached hydrogens (tertiary/aromatic N) is 1. The summed E-state index contributed by atoms with van der Waals surface area (Å²) in [4.78, 5) is 26.6. The summed E-state index contributed by atoms with van der Waals surface area (Å²) in [6.45, 7) is 2.26. The van der Waals surface area contributed by atoms with Gasteiger partial charge in [0.15, 0.2) is 0 Å². The molecule has 6 nitrogen and oxygen atoms in total. The van der Waals surface area contributed by atoms with E-state index in [1.165, 1.54) is 17.4 Å². The summed E-state index contributed by atoms with van der Waals surface area (Å²) < 4.78 is 0. The predicted molar refractivity (Wildman–Crippen MR) is 76.1 cm³/mol. The molecule has 0 fully saturated rings. The van der Waals surface area contributed by atoms with Gasteiger partial charge in [-0.3, -0.25) is 10.3 Å². The summed E-state index contributed by atoms with van der Waals surface area (Å²) in [5.74, 6) is -1.07. The molecule has 2 aromatic heterocycles. The van der Waals surface area contributed by atoms with Crippen LogP contribution in [-0.2, 0) is 6.54 Å². The molecule has 2 heterocycles. The number of aromatic carboxylic acids is 1. The van der Waals surface area contributed by atoms with E-state index in [9.17, 15) is 9.59 Å². The van der Waals surface area contributed by atoms with Gasteiger partial charge >= 0.3 is 12.0 Å². The predicted octanol–water partition coefficient (Wildman–Crippen LogP) is 2.47. The molecule has 104 valence electrons. The van der Waals surface area contributed by atoms with Gasteiger partial charge in [-0.1, -0.05) is 0 Å². The van der Waals surface area contributed by atoms with Crippen molar-refractivity contribution in [2.45, 2.75) is 13.5 Å². The number of urea groups is 1. The number of carbonyl (C=O) groups is 2. The molecular weight excluding hydrogens is 278 g/mol. The van der Waals surface area contributed by atoms with E-state index >= 15 is 0 Å². The lowest BCUT2D eigenvalue weighted by atomic mass is 10.2. The lowest BCUT2D eigenvalue weighted by Crippen LogP contribution is -2.28. The number of thiophene rings is 1. The highest BCUT2D eigenvalue weighted by Gasteiger charge is 2.13. The van der Waals surface area contributed by atoms with Crippen molar-refractivity contribution < 1.29 is 14.7 Å². The van der Waals surface area contributed by atoms with Gasteiger partial charge in [0.1, 0.15) is 5.00 Å². The first-order valence-corrected chi connectivity index (χ1v) is 6.71. The quantitative estimate of drug-likeness (QED) is 0.807. The van der Waals surface area contributed by atoms with Crippen LogP contribution in [0.15, 0.2) is 29.9 Å². The van der Waals surface area contributed by atoms with Gasteiger partial charge < -0.3 is 10.4 Å². The minimum absolute atomic E-state index is 0.0858. The Morgan fingerprint density at radius 1 is 1.40 bits per heavy atom. The van der Waals surface area contributed by atoms with Crippen LogP contribution in [0.2, 0.25) is 0 Å². The number of carboxylic acids is 1. The largest absolute Gasteiger partial charge is 0.478 e. The number of rotatable bonds is 4. The molecule has 0 aliphatic heterocycles. The van der Waals surface area contributed by atoms with Crippen molar-refractivity contribution in [1.29, 1.82) is 0 Å². The molecule has 0 aliphatic rings. The number of pyridine rings is 1. The fourth-order valence-electron chi connectivity index (χ4n) is 1.58. The second-order valence-corrected chi connectivity index (χ2v) is 4.99. The van der Waals surface area contributed by atoms with E-state index in [1.54, 1.807) is 17.8 Å². The minimum atomic E-state index is -1.07. The maximum Gasteiger partial charge on any atom is 0.338 e. The Labute approximate surface area is 119 Å². The van der Waals surface area contributed by atoms with Gasteiger partial charge in [0.05, 0.1) is 5.56 Å². The third-order valence-corrected chi connectivity index (χ3v) is 3.54.